The minimum atomic E-state index is -0.346. The number of Topliss-reactive ketones (excluding diaryl/α,β-unsaturated/α-hetero) is 1. The Morgan fingerprint density at radius 2 is 1.93 bits per heavy atom. The number of rotatable bonds is 1. The van der Waals surface area contributed by atoms with Crippen LogP contribution in [0, 0.1) is 0 Å². The molecule has 2 heterocycles. The maximum atomic E-state index is 12.9. The van der Waals surface area contributed by atoms with Gasteiger partial charge < -0.3 is 15.5 Å². The average Bonchev–Trinajstić information content (AvgIpc) is 2.69. The first kappa shape index (κ1) is 15.9. The van der Waals surface area contributed by atoms with Crippen molar-refractivity contribution in [1.82, 2.24) is 4.98 Å². The van der Waals surface area contributed by atoms with E-state index in [1.165, 1.54) is 12.1 Å². The molecule has 134 valence electrons. The molecule has 1 atom stereocenters. The highest BCUT2D eigenvalue weighted by Gasteiger charge is 2.35. The van der Waals surface area contributed by atoms with Crippen molar-refractivity contribution in [3.8, 4) is 11.5 Å². The highest BCUT2D eigenvalue weighted by Crippen LogP contribution is 2.48. The fourth-order valence-corrected chi connectivity index (χ4v) is 4.25. The van der Waals surface area contributed by atoms with Gasteiger partial charge in [-0.05, 0) is 54.3 Å². The molecule has 0 amide bonds. The van der Waals surface area contributed by atoms with Crippen LogP contribution in [0.2, 0.25) is 0 Å². The van der Waals surface area contributed by atoms with Gasteiger partial charge in [0.05, 0.1) is 11.6 Å². The molecular formula is C22H18N2O3. The number of nitrogens with zero attached hydrogens (tertiary/aromatic N) is 1. The van der Waals surface area contributed by atoms with Crippen LogP contribution in [-0.2, 0) is 4.79 Å². The van der Waals surface area contributed by atoms with Gasteiger partial charge >= 0.3 is 0 Å². The Morgan fingerprint density at radius 1 is 1.04 bits per heavy atom. The quantitative estimate of drug-likeness (QED) is 0.564. The van der Waals surface area contributed by atoms with Gasteiger partial charge in [-0.2, -0.15) is 0 Å². The maximum Gasteiger partial charge on any atom is 0.161 e. The highest BCUT2D eigenvalue weighted by molar-refractivity contribution is 6.12. The summed E-state index contributed by atoms with van der Waals surface area (Å²) >= 11 is 0. The minimum absolute atomic E-state index is 0.132. The topological polar surface area (TPSA) is 82.5 Å². The van der Waals surface area contributed by atoms with Gasteiger partial charge in [0.2, 0.25) is 0 Å². The van der Waals surface area contributed by atoms with Crippen molar-refractivity contribution in [2.45, 2.75) is 25.3 Å². The predicted molar refractivity (Wildman–Crippen MR) is 104 cm³/mol. The van der Waals surface area contributed by atoms with Crippen molar-refractivity contribution in [2.75, 3.05) is 5.32 Å². The lowest BCUT2D eigenvalue weighted by molar-refractivity contribution is -0.116. The third kappa shape index (κ3) is 2.39. The number of pyridine rings is 1. The lowest BCUT2D eigenvalue weighted by Crippen LogP contribution is -2.27. The normalized spacial score (nSPS) is 18.8. The van der Waals surface area contributed by atoms with Gasteiger partial charge in [0.1, 0.15) is 0 Å². The number of aromatic nitrogens is 1. The molecule has 0 unspecified atom stereocenters. The van der Waals surface area contributed by atoms with Crippen molar-refractivity contribution in [2.24, 2.45) is 0 Å². The molecule has 5 nitrogen and oxygen atoms in total. The van der Waals surface area contributed by atoms with E-state index in [1.807, 2.05) is 24.3 Å². The van der Waals surface area contributed by atoms with E-state index in [0.717, 1.165) is 51.7 Å². The number of benzene rings is 2. The predicted octanol–water partition coefficient (Wildman–Crippen LogP) is 4.32. The van der Waals surface area contributed by atoms with Crippen LogP contribution in [0.5, 0.6) is 11.5 Å². The smallest absolute Gasteiger partial charge is 0.161 e. The number of fused-ring (bicyclic) bond motifs is 4. The molecule has 5 rings (SSSR count). The summed E-state index contributed by atoms with van der Waals surface area (Å²) in [4.78, 5) is 17.3. The van der Waals surface area contributed by atoms with Crippen molar-refractivity contribution in [3.63, 3.8) is 0 Å². The summed E-state index contributed by atoms with van der Waals surface area (Å²) in [7, 11) is 0. The van der Waals surface area contributed by atoms with Gasteiger partial charge in [-0.1, -0.05) is 12.1 Å². The van der Waals surface area contributed by atoms with Crippen LogP contribution in [0.3, 0.4) is 0 Å². The third-order valence-corrected chi connectivity index (χ3v) is 5.46. The summed E-state index contributed by atoms with van der Waals surface area (Å²) in [5.41, 5.74) is 5.50. The standard InChI is InChI=1S/C22H18N2O3/c25-17-9-6-12(11-19(17)27)22-21-14(3-1-5-18(21)26)20-13-4-2-10-23-15(13)7-8-16(20)24-22/h2,4,6-11,22,24-25,27H,1,3,5H2/t22-/m1/s1. The van der Waals surface area contributed by atoms with Crippen LogP contribution in [0.15, 0.2) is 54.2 Å². The Balaban J connectivity index is 1.77. The molecule has 1 aliphatic carbocycles. The second-order valence-corrected chi connectivity index (χ2v) is 7.05. The van der Waals surface area contributed by atoms with E-state index in [-0.39, 0.29) is 23.3 Å². The minimum Gasteiger partial charge on any atom is -0.504 e. The highest BCUT2D eigenvalue weighted by atomic mass is 16.3. The molecule has 0 radical (unpaired) electrons. The number of carbonyl (C=O) groups excluding carboxylic acids is 1. The first-order valence-electron chi connectivity index (χ1n) is 9.06. The molecular weight excluding hydrogens is 340 g/mol. The van der Waals surface area contributed by atoms with Gasteiger partial charge in [-0.3, -0.25) is 9.78 Å². The van der Waals surface area contributed by atoms with Gasteiger partial charge in [0, 0.05) is 34.8 Å². The number of ketones is 1. The number of allylic oxidation sites excluding steroid dienone is 1. The molecule has 2 aromatic carbocycles. The summed E-state index contributed by atoms with van der Waals surface area (Å²) in [6.45, 7) is 0. The number of phenols is 2. The summed E-state index contributed by atoms with van der Waals surface area (Å²) in [6, 6.07) is 12.3. The number of carbonyl (C=O) groups is 1. The summed E-state index contributed by atoms with van der Waals surface area (Å²) in [5.74, 6) is -0.225. The Morgan fingerprint density at radius 3 is 2.78 bits per heavy atom. The molecule has 0 saturated carbocycles. The van der Waals surface area contributed by atoms with Crippen molar-refractivity contribution in [1.29, 1.82) is 0 Å². The number of aromatic hydroxyl groups is 2. The Kier molecular flexibility index (Phi) is 3.44. The molecule has 0 saturated heterocycles. The van der Waals surface area contributed by atoms with Gasteiger partial charge in [-0.25, -0.2) is 0 Å². The van der Waals surface area contributed by atoms with Crippen LogP contribution in [-0.4, -0.2) is 21.0 Å². The van der Waals surface area contributed by atoms with Crippen LogP contribution in [0.4, 0.5) is 5.69 Å². The largest absolute Gasteiger partial charge is 0.504 e. The van der Waals surface area contributed by atoms with E-state index < -0.39 is 0 Å². The monoisotopic (exact) mass is 358 g/mol. The van der Waals surface area contributed by atoms with Gasteiger partial charge in [0.15, 0.2) is 17.3 Å². The molecule has 0 spiro atoms. The lowest BCUT2D eigenvalue weighted by Gasteiger charge is -2.35. The number of anilines is 1. The number of hydrogen-bond donors (Lipinski definition) is 3. The Bertz CT molecular complexity index is 1130. The molecule has 0 fully saturated rings. The van der Waals surface area contributed by atoms with E-state index >= 15 is 0 Å². The van der Waals surface area contributed by atoms with E-state index in [1.54, 1.807) is 12.3 Å². The molecule has 0 bridgehead atoms. The third-order valence-electron chi connectivity index (χ3n) is 5.46. The molecule has 1 aromatic heterocycles. The van der Waals surface area contributed by atoms with E-state index in [0.29, 0.717) is 6.42 Å². The Hall–Kier alpha value is -3.34. The number of phenolic OH excluding ortho intramolecular Hbond substituents is 2. The zero-order chi connectivity index (χ0) is 18.5. The molecule has 3 aromatic rings. The molecule has 3 N–H and O–H groups in total. The molecule has 5 heteroatoms. The summed E-state index contributed by atoms with van der Waals surface area (Å²) < 4.78 is 0. The van der Waals surface area contributed by atoms with Crippen molar-refractivity contribution in [3.05, 3.63) is 65.4 Å². The van der Waals surface area contributed by atoms with Crippen LogP contribution in [0.1, 0.15) is 36.4 Å². The zero-order valence-electron chi connectivity index (χ0n) is 14.6. The van der Waals surface area contributed by atoms with Gasteiger partial charge in [0.25, 0.3) is 0 Å². The summed E-state index contributed by atoms with van der Waals surface area (Å²) in [6.07, 6.45) is 3.97. The van der Waals surface area contributed by atoms with Crippen LogP contribution >= 0.6 is 0 Å². The first-order chi connectivity index (χ1) is 13.1. The Labute approximate surface area is 156 Å². The SMILES string of the molecule is O=C1CCCC2=C1[C@@H](c1ccc(O)c(O)c1)Nc1ccc3ncccc3c12. The lowest BCUT2D eigenvalue weighted by atomic mass is 9.77. The molecule has 2 aliphatic rings. The second-order valence-electron chi connectivity index (χ2n) is 7.05. The van der Waals surface area contributed by atoms with Crippen molar-refractivity contribution >= 4 is 27.9 Å². The fraction of sp³-hybridized carbons (Fsp3) is 0.182. The van der Waals surface area contributed by atoms with Crippen LogP contribution in [0.25, 0.3) is 16.5 Å². The molecule has 1 aliphatic heterocycles. The van der Waals surface area contributed by atoms with E-state index in [4.69, 9.17) is 0 Å². The zero-order valence-corrected chi connectivity index (χ0v) is 14.6. The van der Waals surface area contributed by atoms with Crippen LogP contribution < -0.4 is 5.32 Å². The molecule has 27 heavy (non-hydrogen) atoms. The fourth-order valence-electron chi connectivity index (χ4n) is 4.25. The van der Waals surface area contributed by atoms with E-state index in [2.05, 4.69) is 10.3 Å². The average molecular weight is 358 g/mol. The number of nitrogens with one attached hydrogen (secondary N) is 1. The van der Waals surface area contributed by atoms with Gasteiger partial charge in [-0.15, -0.1) is 0 Å². The summed E-state index contributed by atoms with van der Waals surface area (Å²) in [5, 5.41) is 24.1. The second kappa shape index (κ2) is 5.84. The van der Waals surface area contributed by atoms with E-state index in [9.17, 15) is 15.0 Å². The number of hydrogen-bond acceptors (Lipinski definition) is 5. The first-order valence-corrected chi connectivity index (χ1v) is 9.06. The maximum absolute atomic E-state index is 12.9. The van der Waals surface area contributed by atoms with Crippen molar-refractivity contribution < 1.29 is 15.0 Å².